The van der Waals surface area contributed by atoms with Gasteiger partial charge < -0.3 is 15.2 Å². The molecule has 0 saturated carbocycles. The zero-order chi connectivity index (χ0) is 24.6. The van der Waals surface area contributed by atoms with Gasteiger partial charge in [0.2, 0.25) is 0 Å². The Morgan fingerprint density at radius 3 is 2.35 bits per heavy atom. The van der Waals surface area contributed by atoms with E-state index in [0.717, 1.165) is 9.87 Å². The van der Waals surface area contributed by atoms with Crippen molar-refractivity contribution in [2.75, 3.05) is 24.1 Å². The van der Waals surface area contributed by atoms with Crippen molar-refractivity contribution in [1.82, 2.24) is 0 Å². The molecule has 9 heteroatoms. The van der Waals surface area contributed by atoms with Gasteiger partial charge in [0.05, 0.1) is 23.8 Å². The number of amidine groups is 1. The van der Waals surface area contributed by atoms with Gasteiger partial charge in [0.15, 0.2) is 0 Å². The summed E-state index contributed by atoms with van der Waals surface area (Å²) in [6, 6.07) is 21.8. The second-order valence-corrected chi connectivity index (χ2v) is 9.20. The van der Waals surface area contributed by atoms with E-state index in [1.807, 2.05) is 12.1 Å². The van der Waals surface area contributed by atoms with E-state index in [1.165, 1.54) is 12.1 Å². The van der Waals surface area contributed by atoms with Crippen molar-refractivity contribution in [3.05, 3.63) is 90.0 Å². The van der Waals surface area contributed by atoms with Gasteiger partial charge in [-0.25, -0.2) is 8.42 Å². The second kappa shape index (κ2) is 11.3. The van der Waals surface area contributed by atoms with E-state index in [1.54, 1.807) is 61.5 Å². The normalized spacial score (nSPS) is 11.0. The van der Waals surface area contributed by atoms with Crippen molar-refractivity contribution in [3.8, 4) is 5.75 Å². The Morgan fingerprint density at radius 1 is 1.00 bits per heavy atom. The molecule has 0 amide bonds. The molecule has 0 aliphatic rings. The fraction of sp³-hybridized carbons (Fsp3) is 0.200. The third-order valence-electron chi connectivity index (χ3n) is 4.94. The Bertz CT molecular complexity index is 1230. The molecular weight excluding hydrogens is 454 g/mol. The molecule has 0 aliphatic carbocycles. The quantitative estimate of drug-likeness (QED) is 0.246. The number of nitrogens with zero attached hydrogens (tertiary/aromatic N) is 1. The minimum Gasteiger partial charge on any atom is -0.493 e. The number of carbonyl (C=O) groups excluding carboxylic acids is 1. The van der Waals surface area contributed by atoms with Crippen LogP contribution in [0.15, 0.2) is 83.8 Å². The molecule has 3 rings (SSSR count). The number of benzene rings is 3. The van der Waals surface area contributed by atoms with Crippen molar-refractivity contribution in [1.29, 1.82) is 5.41 Å². The zero-order valence-electron chi connectivity index (χ0n) is 18.8. The second-order valence-electron chi connectivity index (χ2n) is 7.34. The summed E-state index contributed by atoms with van der Waals surface area (Å²) >= 11 is 0. The summed E-state index contributed by atoms with van der Waals surface area (Å²) in [7, 11) is -4.01. The number of rotatable bonds is 11. The molecule has 0 unspecified atom stereocenters. The maximum absolute atomic E-state index is 13.3. The van der Waals surface area contributed by atoms with Gasteiger partial charge in [-0.1, -0.05) is 48.5 Å². The van der Waals surface area contributed by atoms with Crippen molar-refractivity contribution >= 4 is 27.5 Å². The molecule has 178 valence electrons. The van der Waals surface area contributed by atoms with Crippen LogP contribution >= 0.6 is 0 Å². The number of carbonyl (C=O) groups is 1. The minimum atomic E-state index is -4.01. The molecule has 8 nitrogen and oxygen atoms in total. The highest BCUT2D eigenvalue weighted by Gasteiger charge is 2.28. The molecule has 0 saturated heterocycles. The lowest BCUT2D eigenvalue weighted by Gasteiger charge is -2.24. The number of nitrogens with one attached hydrogen (secondary N) is 1. The standard InChI is InChI=1S/C25H27N3O5S/c1-2-32-24(29)18-28(34(30,31)23-9-4-3-5-10-23)21-7-6-8-22(17-21)33-16-15-19-11-13-20(14-12-19)25(26)27/h3-14,17H,2,15-16,18H2,1H3,(H3,26,27). The van der Waals surface area contributed by atoms with Crippen LogP contribution in [0.1, 0.15) is 18.1 Å². The molecule has 0 spiro atoms. The van der Waals surface area contributed by atoms with Crippen LogP contribution in [-0.2, 0) is 26.0 Å². The van der Waals surface area contributed by atoms with E-state index >= 15 is 0 Å². The number of anilines is 1. The summed E-state index contributed by atoms with van der Waals surface area (Å²) in [5.41, 5.74) is 7.43. The summed E-state index contributed by atoms with van der Waals surface area (Å²) in [4.78, 5) is 12.3. The average molecular weight is 482 g/mol. The Morgan fingerprint density at radius 2 is 1.71 bits per heavy atom. The van der Waals surface area contributed by atoms with E-state index in [4.69, 9.17) is 20.6 Å². The summed E-state index contributed by atoms with van der Waals surface area (Å²) in [5.74, 6) is -0.172. The van der Waals surface area contributed by atoms with Crippen molar-refractivity contribution in [2.24, 2.45) is 5.73 Å². The highest BCUT2D eigenvalue weighted by Crippen LogP contribution is 2.27. The summed E-state index contributed by atoms with van der Waals surface area (Å²) in [6.45, 7) is 1.70. The predicted molar refractivity (Wildman–Crippen MR) is 131 cm³/mol. The monoisotopic (exact) mass is 481 g/mol. The third-order valence-corrected chi connectivity index (χ3v) is 6.73. The van der Waals surface area contributed by atoms with Crippen LogP contribution in [0.3, 0.4) is 0 Å². The number of nitrogens with two attached hydrogens (primary N) is 1. The number of sulfonamides is 1. The molecule has 3 aromatic rings. The number of nitrogen functional groups attached to an aromatic ring is 1. The Hall–Kier alpha value is -3.85. The largest absolute Gasteiger partial charge is 0.493 e. The van der Waals surface area contributed by atoms with Crippen molar-refractivity contribution in [2.45, 2.75) is 18.2 Å². The highest BCUT2D eigenvalue weighted by molar-refractivity contribution is 7.92. The first kappa shape index (κ1) is 24.8. The molecule has 34 heavy (non-hydrogen) atoms. The van der Waals surface area contributed by atoms with Gasteiger partial charge in [0.1, 0.15) is 18.1 Å². The Kier molecular flexibility index (Phi) is 8.26. The third kappa shape index (κ3) is 6.35. The SMILES string of the molecule is CCOC(=O)CN(c1cccc(OCCc2ccc(C(=N)N)cc2)c1)S(=O)(=O)c1ccccc1. The first-order chi connectivity index (χ1) is 16.3. The van der Waals surface area contributed by atoms with Gasteiger partial charge in [0, 0.05) is 18.1 Å². The maximum Gasteiger partial charge on any atom is 0.326 e. The van der Waals surface area contributed by atoms with Gasteiger partial charge in [-0.05, 0) is 36.8 Å². The van der Waals surface area contributed by atoms with Crippen molar-refractivity contribution < 1.29 is 22.7 Å². The fourth-order valence-corrected chi connectivity index (χ4v) is 4.65. The van der Waals surface area contributed by atoms with E-state index < -0.39 is 22.5 Å². The lowest BCUT2D eigenvalue weighted by molar-refractivity contribution is -0.141. The molecule has 0 bridgehead atoms. The van der Waals surface area contributed by atoms with E-state index in [9.17, 15) is 13.2 Å². The molecule has 0 atom stereocenters. The van der Waals surface area contributed by atoms with Crippen LogP contribution in [0.5, 0.6) is 5.75 Å². The zero-order valence-corrected chi connectivity index (χ0v) is 19.6. The maximum atomic E-state index is 13.3. The van der Waals surface area contributed by atoms with Crippen LogP contribution < -0.4 is 14.8 Å². The molecule has 0 radical (unpaired) electrons. The number of ether oxygens (including phenoxy) is 2. The van der Waals surface area contributed by atoms with Gasteiger partial charge >= 0.3 is 5.97 Å². The molecule has 0 fully saturated rings. The molecule has 0 aromatic heterocycles. The van der Waals surface area contributed by atoms with Crippen LogP contribution in [0.2, 0.25) is 0 Å². The lowest BCUT2D eigenvalue weighted by atomic mass is 10.1. The van der Waals surface area contributed by atoms with Gasteiger partial charge in [-0.2, -0.15) is 0 Å². The molecular formula is C25H27N3O5S. The molecule has 0 aliphatic heterocycles. The van der Waals surface area contributed by atoms with Crippen LogP contribution in [0, 0.1) is 5.41 Å². The number of hydrogen-bond acceptors (Lipinski definition) is 6. The molecule has 3 aromatic carbocycles. The molecule has 0 heterocycles. The summed E-state index contributed by atoms with van der Waals surface area (Å²) < 4.78 is 38.5. The van der Waals surface area contributed by atoms with Gasteiger partial charge in [-0.3, -0.25) is 14.5 Å². The fourth-order valence-electron chi connectivity index (χ4n) is 3.22. The highest BCUT2D eigenvalue weighted by atomic mass is 32.2. The average Bonchev–Trinajstić information content (AvgIpc) is 2.84. The lowest BCUT2D eigenvalue weighted by Crippen LogP contribution is -2.36. The first-order valence-corrected chi connectivity index (χ1v) is 12.1. The smallest absolute Gasteiger partial charge is 0.326 e. The first-order valence-electron chi connectivity index (χ1n) is 10.7. The minimum absolute atomic E-state index is 0.0115. The Balaban J connectivity index is 1.78. The van der Waals surface area contributed by atoms with Crippen LogP contribution in [-0.4, -0.2) is 40.0 Å². The predicted octanol–water partition coefficient (Wildman–Crippen LogP) is 3.35. The van der Waals surface area contributed by atoms with E-state index in [0.29, 0.717) is 30.0 Å². The van der Waals surface area contributed by atoms with E-state index in [2.05, 4.69) is 0 Å². The molecule has 3 N–H and O–H groups in total. The summed E-state index contributed by atoms with van der Waals surface area (Å²) in [5, 5.41) is 7.45. The van der Waals surface area contributed by atoms with Gasteiger partial charge in [0.25, 0.3) is 10.0 Å². The van der Waals surface area contributed by atoms with E-state index in [-0.39, 0.29) is 17.3 Å². The summed E-state index contributed by atoms with van der Waals surface area (Å²) in [6.07, 6.45) is 0.608. The topological polar surface area (TPSA) is 123 Å². The Labute approximate surface area is 199 Å². The number of hydrogen-bond donors (Lipinski definition) is 2. The van der Waals surface area contributed by atoms with Crippen molar-refractivity contribution in [3.63, 3.8) is 0 Å². The number of esters is 1. The van der Waals surface area contributed by atoms with Crippen LogP contribution in [0.4, 0.5) is 5.69 Å². The van der Waals surface area contributed by atoms with Crippen LogP contribution in [0.25, 0.3) is 0 Å². The van der Waals surface area contributed by atoms with Gasteiger partial charge in [-0.15, -0.1) is 0 Å².